The molecule has 1 aliphatic heterocycles. The van der Waals surface area contributed by atoms with Gasteiger partial charge in [0, 0.05) is 19.8 Å². The molecular weight excluding hydrogens is 376 g/mol. The number of fused-ring (bicyclic) bond motifs is 1. The summed E-state index contributed by atoms with van der Waals surface area (Å²) >= 11 is 0. The lowest BCUT2D eigenvalue weighted by Crippen LogP contribution is -2.13. The fourth-order valence-corrected chi connectivity index (χ4v) is 3.48. The minimum atomic E-state index is -0.462. The molecule has 0 saturated heterocycles. The van der Waals surface area contributed by atoms with Crippen molar-refractivity contribution in [1.29, 1.82) is 0 Å². The van der Waals surface area contributed by atoms with Crippen molar-refractivity contribution in [2.24, 2.45) is 0 Å². The quantitative estimate of drug-likeness (QED) is 0.656. The van der Waals surface area contributed by atoms with Crippen molar-refractivity contribution >= 4 is 6.08 Å². The smallest absolute Gasteiger partial charge is 0.176 e. The Kier molecular flexibility index (Phi) is 6.64. The summed E-state index contributed by atoms with van der Waals surface area (Å²) in [5, 5.41) is 20.0. The first kappa shape index (κ1) is 21.0. The molecule has 0 aromatic heterocycles. The van der Waals surface area contributed by atoms with E-state index in [0.29, 0.717) is 17.2 Å². The van der Waals surface area contributed by atoms with Gasteiger partial charge in [-0.3, -0.25) is 0 Å². The van der Waals surface area contributed by atoms with Crippen LogP contribution in [0, 0.1) is 0 Å². The SMILES string of the molecule is COc1cc([C@H]2Oc3c(OC)cc(/C=C\C(OC)OC)cc3[C@@H]2CO)ccc1O. The first-order valence-electron chi connectivity index (χ1n) is 9.16. The van der Waals surface area contributed by atoms with E-state index in [1.54, 1.807) is 45.6 Å². The van der Waals surface area contributed by atoms with Crippen molar-refractivity contribution in [2.75, 3.05) is 35.0 Å². The van der Waals surface area contributed by atoms with E-state index in [-0.39, 0.29) is 18.3 Å². The standard InChI is InChI=1S/C22H26O7/c1-25-18-11-14(6-7-17(18)24)21-16(12-23)15-9-13(5-8-20(27-3)28-4)10-19(26-2)22(15)29-21/h5-11,16,20-21,23-24H,12H2,1-4H3/b8-5-/t16-,21+/m0/s1. The van der Waals surface area contributed by atoms with E-state index in [0.717, 1.165) is 16.7 Å². The maximum atomic E-state index is 10.1. The van der Waals surface area contributed by atoms with Crippen molar-refractivity contribution in [3.8, 4) is 23.0 Å². The van der Waals surface area contributed by atoms with Crippen LogP contribution in [0.5, 0.6) is 23.0 Å². The molecule has 7 nitrogen and oxygen atoms in total. The molecule has 29 heavy (non-hydrogen) atoms. The second kappa shape index (κ2) is 9.17. The van der Waals surface area contributed by atoms with Crippen LogP contribution in [0.3, 0.4) is 0 Å². The van der Waals surface area contributed by atoms with Gasteiger partial charge in [-0.15, -0.1) is 0 Å². The first-order valence-corrected chi connectivity index (χ1v) is 9.16. The number of ether oxygens (including phenoxy) is 5. The van der Waals surface area contributed by atoms with Crippen LogP contribution in [0.4, 0.5) is 0 Å². The van der Waals surface area contributed by atoms with E-state index in [2.05, 4.69) is 0 Å². The van der Waals surface area contributed by atoms with E-state index in [1.165, 1.54) is 7.11 Å². The lowest BCUT2D eigenvalue weighted by Gasteiger charge is -2.18. The van der Waals surface area contributed by atoms with Crippen LogP contribution in [0.25, 0.3) is 6.08 Å². The van der Waals surface area contributed by atoms with Gasteiger partial charge in [-0.25, -0.2) is 0 Å². The average Bonchev–Trinajstić information content (AvgIpc) is 3.12. The number of hydrogen-bond acceptors (Lipinski definition) is 7. The molecule has 156 valence electrons. The Morgan fingerprint density at radius 1 is 1.03 bits per heavy atom. The van der Waals surface area contributed by atoms with E-state index in [9.17, 15) is 10.2 Å². The van der Waals surface area contributed by atoms with E-state index >= 15 is 0 Å². The molecule has 0 amide bonds. The number of methoxy groups -OCH3 is 4. The number of rotatable bonds is 8. The molecule has 2 aromatic carbocycles. The Balaban J connectivity index is 1.99. The Morgan fingerprint density at radius 3 is 2.38 bits per heavy atom. The third kappa shape index (κ3) is 4.17. The summed E-state index contributed by atoms with van der Waals surface area (Å²) in [5.41, 5.74) is 2.49. The number of aliphatic hydroxyl groups is 1. The number of aliphatic hydroxyl groups excluding tert-OH is 1. The number of benzene rings is 2. The van der Waals surface area contributed by atoms with Gasteiger partial charge >= 0.3 is 0 Å². The van der Waals surface area contributed by atoms with Crippen LogP contribution in [-0.4, -0.2) is 51.5 Å². The highest BCUT2D eigenvalue weighted by Gasteiger charge is 2.37. The minimum Gasteiger partial charge on any atom is -0.504 e. The van der Waals surface area contributed by atoms with Gasteiger partial charge in [0.15, 0.2) is 29.3 Å². The summed E-state index contributed by atoms with van der Waals surface area (Å²) < 4.78 is 27.3. The third-order valence-electron chi connectivity index (χ3n) is 4.97. The summed E-state index contributed by atoms with van der Waals surface area (Å²) in [6.45, 7) is -0.115. The highest BCUT2D eigenvalue weighted by molar-refractivity contribution is 5.62. The molecule has 7 heteroatoms. The topological polar surface area (TPSA) is 86.6 Å². The fourth-order valence-electron chi connectivity index (χ4n) is 3.48. The molecule has 2 N–H and O–H groups in total. The van der Waals surface area contributed by atoms with Gasteiger partial charge < -0.3 is 33.9 Å². The van der Waals surface area contributed by atoms with Crippen molar-refractivity contribution < 1.29 is 33.9 Å². The van der Waals surface area contributed by atoms with E-state index in [1.807, 2.05) is 18.2 Å². The molecule has 2 aromatic rings. The minimum absolute atomic E-state index is 0.0446. The first-order chi connectivity index (χ1) is 14.1. The molecule has 1 aliphatic rings. The zero-order valence-electron chi connectivity index (χ0n) is 16.9. The largest absolute Gasteiger partial charge is 0.504 e. The molecule has 3 rings (SSSR count). The monoisotopic (exact) mass is 402 g/mol. The number of phenolic OH excluding ortho intramolecular Hbond substituents is 1. The van der Waals surface area contributed by atoms with Crippen molar-refractivity contribution in [3.63, 3.8) is 0 Å². The zero-order chi connectivity index (χ0) is 21.0. The van der Waals surface area contributed by atoms with Gasteiger partial charge in [0.1, 0.15) is 6.10 Å². The summed E-state index contributed by atoms with van der Waals surface area (Å²) in [6.07, 6.45) is 2.75. The lowest BCUT2D eigenvalue weighted by molar-refractivity contribution is -0.0660. The number of phenols is 1. The van der Waals surface area contributed by atoms with Crippen molar-refractivity contribution in [3.05, 3.63) is 53.1 Å². The van der Waals surface area contributed by atoms with Gasteiger partial charge in [0.2, 0.25) is 0 Å². The summed E-state index contributed by atoms with van der Waals surface area (Å²) in [6, 6.07) is 8.83. The Hall–Kier alpha value is -2.74. The normalized spacial score (nSPS) is 18.1. The third-order valence-corrected chi connectivity index (χ3v) is 4.97. The van der Waals surface area contributed by atoms with Crippen molar-refractivity contribution in [2.45, 2.75) is 18.3 Å². The number of aromatic hydroxyl groups is 1. The molecule has 0 spiro atoms. The fraction of sp³-hybridized carbons (Fsp3) is 0.364. The maximum absolute atomic E-state index is 10.1. The maximum Gasteiger partial charge on any atom is 0.176 e. The van der Waals surface area contributed by atoms with Crippen LogP contribution >= 0.6 is 0 Å². The molecule has 0 saturated carbocycles. The summed E-state index contributed by atoms with van der Waals surface area (Å²) in [4.78, 5) is 0. The van der Waals surface area contributed by atoms with E-state index in [4.69, 9.17) is 23.7 Å². The van der Waals surface area contributed by atoms with Crippen LogP contribution < -0.4 is 14.2 Å². The summed E-state index contributed by atoms with van der Waals surface area (Å²) in [7, 11) is 6.19. The molecule has 2 atom stereocenters. The van der Waals surface area contributed by atoms with Crippen LogP contribution in [0.15, 0.2) is 36.4 Å². The zero-order valence-corrected chi connectivity index (χ0v) is 16.9. The highest BCUT2D eigenvalue weighted by Crippen LogP contribution is 2.51. The van der Waals surface area contributed by atoms with Gasteiger partial charge in [0.05, 0.1) is 26.7 Å². The predicted molar refractivity (Wildman–Crippen MR) is 108 cm³/mol. The Labute approximate surface area is 170 Å². The molecule has 0 unspecified atom stereocenters. The summed E-state index contributed by atoms with van der Waals surface area (Å²) in [5.74, 6) is 1.25. The Morgan fingerprint density at radius 2 is 1.76 bits per heavy atom. The molecule has 0 bridgehead atoms. The van der Waals surface area contributed by atoms with Crippen molar-refractivity contribution in [1.82, 2.24) is 0 Å². The van der Waals surface area contributed by atoms with Crippen LogP contribution in [0.2, 0.25) is 0 Å². The highest BCUT2D eigenvalue weighted by atomic mass is 16.7. The van der Waals surface area contributed by atoms with Gasteiger partial charge in [0.25, 0.3) is 0 Å². The molecule has 0 radical (unpaired) electrons. The predicted octanol–water partition coefficient (Wildman–Crippen LogP) is 3.25. The van der Waals surface area contributed by atoms with E-state index < -0.39 is 12.4 Å². The lowest BCUT2D eigenvalue weighted by atomic mass is 9.90. The second-order valence-electron chi connectivity index (χ2n) is 6.60. The van der Waals surface area contributed by atoms with Crippen LogP contribution in [-0.2, 0) is 9.47 Å². The molecule has 0 aliphatic carbocycles. The Bertz CT molecular complexity index is 874. The number of hydrogen-bond donors (Lipinski definition) is 2. The second-order valence-corrected chi connectivity index (χ2v) is 6.60. The molecule has 0 fully saturated rings. The van der Waals surface area contributed by atoms with Crippen LogP contribution in [0.1, 0.15) is 28.7 Å². The molecule has 1 heterocycles. The average molecular weight is 402 g/mol. The van der Waals surface area contributed by atoms with Gasteiger partial charge in [-0.1, -0.05) is 12.1 Å². The van der Waals surface area contributed by atoms with Gasteiger partial charge in [-0.2, -0.15) is 0 Å². The molecular formula is C22H26O7. The van der Waals surface area contributed by atoms with Gasteiger partial charge in [-0.05, 0) is 41.5 Å².